The minimum absolute atomic E-state index is 0.241. The van der Waals surface area contributed by atoms with Gasteiger partial charge in [0.1, 0.15) is 0 Å². The number of Topliss-reactive ketones (excluding diaryl/α,β-unsaturated/α-hetero) is 6. The highest BCUT2D eigenvalue weighted by atomic mass is 19.4. The van der Waals surface area contributed by atoms with E-state index in [1.54, 1.807) is 0 Å². The number of ketones is 6. The van der Waals surface area contributed by atoms with Gasteiger partial charge in [0.2, 0.25) is 34.7 Å². The smallest absolute Gasteiger partial charge is 0.298 e. The number of ether oxygens (including phenoxy) is 3. The molecule has 296 valence electrons. The van der Waals surface area contributed by atoms with Crippen LogP contribution < -0.4 is 0 Å². The average molecular weight is 798 g/mol. The van der Waals surface area contributed by atoms with Crippen LogP contribution in [-0.2, 0) is 43.0 Å². The van der Waals surface area contributed by atoms with Crippen LogP contribution >= 0.6 is 0 Å². The lowest BCUT2D eigenvalue weighted by molar-refractivity contribution is -0.536. The van der Waals surface area contributed by atoms with Crippen molar-refractivity contribution in [2.45, 2.75) is 82.4 Å². The first-order valence-corrected chi connectivity index (χ1v) is 12.6. The molecule has 0 aliphatic carbocycles. The third kappa shape index (κ3) is 8.58. The fourth-order valence-electron chi connectivity index (χ4n) is 3.08. The molecule has 0 aromatic carbocycles. The van der Waals surface area contributed by atoms with E-state index in [-0.39, 0.29) is 13.8 Å². The normalized spacial score (nSPS) is 17.5. The number of rotatable bonds is 18. The molecule has 0 spiro atoms. The Morgan fingerprint density at radius 1 is 0.481 bits per heavy atom. The van der Waals surface area contributed by atoms with Crippen molar-refractivity contribution >= 4 is 34.7 Å². The molecule has 0 rings (SSSR count). The van der Waals surface area contributed by atoms with Crippen LogP contribution in [0.3, 0.4) is 0 Å². The summed E-state index contributed by atoms with van der Waals surface area (Å²) in [5.74, 6) is -34.4. The molecule has 0 bridgehead atoms. The number of hydrogen-bond acceptors (Lipinski definition) is 9. The van der Waals surface area contributed by atoms with Crippen LogP contribution in [0.5, 0.6) is 0 Å². The zero-order valence-electron chi connectivity index (χ0n) is 25.8. The van der Waals surface area contributed by atoms with E-state index in [0.717, 1.165) is 0 Å². The van der Waals surface area contributed by atoms with Crippen molar-refractivity contribution in [2.75, 3.05) is 0 Å². The molecule has 0 heterocycles. The van der Waals surface area contributed by atoms with Gasteiger partial charge in [-0.3, -0.25) is 43.0 Å². The monoisotopic (exact) mass is 798 g/mol. The molecule has 0 fully saturated rings. The van der Waals surface area contributed by atoms with Crippen molar-refractivity contribution in [2.24, 2.45) is 5.41 Å². The molecule has 0 aromatic heterocycles. The van der Waals surface area contributed by atoms with E-state index in [1.165, 1.54) is 0 Å². The van der Waals surface area contributed by atoms with Crippen LogP contribution in [0.2, 0.25) is 0 Å². The quantitative estimate of drug-likeness (QED) is 0.0885. The molecular formula is C26H19F17O9. The molecular weight excluding hydrogens is 779 g/mol. The molecule has 0 aromatic rings. The van der Waals surface area contributed by atoms with Crippen LogP contribution in [0.1, 0.15) is 27.7 Å². The van der Waals surface area contributed by atoms with Crippen molar-refractivity contribution in [3.8, 4) is 0 Å². The average Bonchev–Trinajstić information content (AvgIpc) is 2.94. The van der Waals surface area contributed by atoms with E-state index >= 15 is 35.1 Å². The zero-order valence-corrected chi connectivity index (χ0v) is 25.8. The highest BCUT2D eigenvalue weighted by Gasteiger charge is 2.86. The van der Waals surface area contributed by atoms with E-state index < -0.39 is 118 Å². The SMILES string of the molecule is C=C(C)C(=O)C(=O)C(OC(F)(F)C(C)(C(F)(F)OC(F)(C(=O)C(=O)C(=C)C)C(F)(F)F)C(F)(F)OC(F)(C(=O)C(=O)C(=C)C)C(F)(F)F)C(F)(F)F. The Kier molecular flexibility index (Phi) is 13.3. The summed E-state index contributed by atoms with van der Waals surface area (Å²) in [6, 6.07) is 0. The van der Waals surface area contributed by atoms with Crippen molar-refractivity contribution in [1.82, 2.24) is 0 Å². The van der Waals surface area contributed by atoms with Crippen LogP contribution in [0.25, 0.3) is 0 Å². The summed E-state index contributed by atoms with van der Waals surface area (Å²) < 4.78 is 253. The van der Waals surface area contributed by atoms with Gasteiger partial charge in [-0.05, 0) is 44.4 Å². The number of carbonyl (C=O) groups excluding carboxylic acids is 6. The van der Waals surface area contributed by atoms with Crippen molar-refractivity contribution in [3.63, 3.8) is 0 Å². The Morgan fingerprint density at radius 2 is 0.750 bits per heavy atom. The van der Waals surface area contributed by atoms with E-state index in [2.05, 4.69) is 33.9 Å². The van der Waals surface area contributed by atoms with Crippen molar-refractivity contribution < 1.29 is 118 Å². The van der Waals surface area contributed by atoms with Crippen LogP contribution in [0.4, 0.5) is 74.6 Å². The lowest BCUT2D eigenvalue weighted by Crippen LogP contribution is -2.71. The Bertz CT molecular complexity index is 1480. The molecule has 0 saturated carbocycles. The molecule has 9 nitrogen and oxygen atoms in total. The molecule has 0 amide bonds. The van der Waals surface area contributed by atoms with E-state index in [4.69, 9.17) is 0 Å². The predicted octanol–water partition coefficient (Wildman–Crippen LogP) is 6.35. The Hall–Kier alpha value is -4.07. The first-order chi connectivity index (χ1) is 22.6. The third-order valence-corrected chi connectivity index (χ3v) is 6.20. The molecule has 3 unspecified atom stereocenters. The second kappa shape index (κ2) is 14.4. The second-order valence-corrected chi connectivity index (χ2v) is 10.5. The molecule has 0 N–H and O–H groups in total. The number of alkyl halides is 17. The van der Waals surface area contributed by atoms with Crippen LogP contribution in [0.15, 0.2) is 36.5 Å². The minimum Gasteiger partial charge on any atom is -0.298 e. The molecule has 26 heteroatoms. The van der Waals surface area contributed by atoms with Gasteiger partial charge in [-0.2, -0.15) is 74.6 Å². The fourth-order valence-corrected chi connectivity index (χ4v) is 3.08. The maximum atomic E-state index is 15.5. The number of halogens is 17. The standard InChI is InChI=1S/C26H19F17O9/c1-8(2)11(44)14(47)17(21(29,30)31)50-24(38,39)18(7,25(40,41)51-19(27,22(32,33)34)15(48)12(45)9(3)4)26(42,43)52-20(28,23(35,36)37)16(49)13(46)10(5)6/h17H,1,3,5H2,2,4,6-7H3. The summed E-state index contributed by atoms with van der Waals surface area (Å²) in [5.41, 5.74) is -11.9. The maximum Gasteiger partial charge on any atom is 0.457 e. The van der Waals surface area contributed by atoms with Gasteiger partial charge in [-0.1, -0.05) is 19.7 Å². The number of hydrogen-bond donors (Lipinski definition) is 0. The summed E-state index contributed by atoms with van der Waals surface area (Å²) in [4.78, 5) is 71.0. The predicted molar refractivity (Wildman–Crippen MR) is 130 cm³/mol. The molecule has 3 atom stereocenters. The third-order valence-electron chi connectivity index (χ3n) is 6.20. The van der Waals surface area contributed by atoms with E-state index in [0.29, 0.717) is 6.92 Å². The molecule has 52 heavy (non-hydrogen) atoms. The lowest BCUT2D eigenvalue weighted by atomic mass is 9.84. The van der Waals surface area contributed by atoms with Crippen LogP contribution in [-0.4, -0.2) is 89.4 Å². The van der Waals surface area contributed by atoms with Gasteiger partial charge in [-0.25, -0.2) is 0 Å². The summed E-state index contributed by atoms with van der Waals surface area (Å²) in [6.45, 7) is 6.51. The Labute approximate surface area is 277 Å². The summed E-state index contributed by atoms with van der Waals surface area (Å²) in [6.07, 6.45) is -51.1. The summed E-state index contributed by atoms with van der Waals surface area (Å²) in [7, 11) is 0. The van der Waals surface area contributed by atoms with Crippen molar-refractivity contribution in [3.05, 3.63) is 36.5 Å². The summed E-state index contributed by atoms with van der Waals surface area (Å²) >= 11 is 0. The molecule has 0 radical (unpaired) electrons. The highest BCUT2D eigenvalue weighted by Crippen LogP contribution is 2.62. The topological polar surface area (TPSA) is 130 Å². The number of allylic oxidation sites excluding steroid dienone is 3. The maximum absolute atomic E-state index is 15.5. The van der Waals surface area contributed by atoms with Gasteiger partial charge in [0.25, 0.3) is 11.6 Å². The molecule has 0 aliphatic heterocycles. The Morgan fingerprint density at radius 3 is 0.962 bits per heavy atom. The van der Waals surface area contributed by atoms with Crippen molar-refractivity contribution in [1.29, 1.82) is 0 Å². The van der Waals surface area contributed by atoms with Gasteiger partial charge < -0.3 is 0 Å². The van der Waals surface area contributed by atoms with Gasteiger partial charge in [0.15, 0.2) is 0 Å². The van der Waals surface area contributed by atoms with Gasteiger partial charge in [-0.15, -0.1) is 0 Å². The fraction of sp³-hybridized carbons (Fsp3) is 0.538. The highest BCUT2D eigenvalue weighted by molar-refractivity contribution is 6.46. The van der Waals surface area contributed by atoms with Gasteiger partial charge in [0.05, 0.1) is 0 Å². The second-order valence-electron chi connectivity index (χ2n) is 10.5. The Balaban J connectivity index is 8.42. The minimum atomic E-state index is -8.01. The zero-order chi connectivity index (χ0) is 42.4. The van der Waals surface area contributed by atoms with Crippen LogP contribution in [0, 0.1) is 5.41 Å². The van der Waals surface area contributed by atoms with E-state index in [1.807, 2.05) is 0 Å². The van der Waals surface area contributed by atoms with E-state index in [9.17, 15) is 68.3 Å². The van der Waals surface area contributed by atoms with Gasteiger partial charge >= 0.3 is 48.6 Å². The summed E-state index contributed by atoms with van der Waals surface area (Å²) in [5, 5.41) is 0. The first kappa shape index (κ1) is 47.9. The largest absolute Gasteiger partial charge is 0.457 e. The lowest BCUT2D eigenvalue weighted by Gasteiger charge is -2.47. The molecule has 0 saturated heterocycles. The van der Waals surface area contributed by atoms with Gasteiger partial charge in [0, 0.05) is 0 Å². The number of carbonyl (C=O) groups is 6. The first-order valence-electron chi connectivity index (χ1n) is 12.6. The molecule has 0 aliphatic rings.